The predicted molar refractivity (Wildman–Crippen MR) is 85.1 cm³/mol. The van der Waals surface area contributed by atoms with Gasteiger partial charge in [-0.25, -0.2) is 0 Å². The van der Waals surface area contributed by atoms with Gasteiger partial charge in [0.2, 0.25) is 0 Å². The molecule has 0 aromatic rings. The van der Waals surface area contributed by atoms with Crippen LogP contribution in [-0.2, 0) is 4.74 Å². The fourth-order valence-electron chi connectivity index (χ4n) is 3.45. The lowest BCUT2D eigenvalue weighted by Gasteiger charge is -2.34. The first-order valence-corrected chi connectivity index (χ1v) is 8.71. The summed E-state index contributed by atoms with van der Waals surface area (Å²) in [5.41, 5.74) is 0.528. The Morgan fingerprint density at radius 2 is 2.00 bits per heavy atom. The summed E-state index contributed by atoms with van der Waals surface area (Å²) in [6.45, 7) is 8.84. The van der Waals surface area contributed by atoms with E-state index < -0.39 is 0 Å². The molecule has 2 aliphatic carbocycles. The van der Waals surface area contributed by atoms with Crippen LogP contribution in [0.1, 0.15) is 51.9 Å². The van der Waals surface area contributed by atoms with Gasteiger partial charge in [0.1, 0.15) is 0 Å². The van der Waals surface area contributed by atoms with Crippen molar-refractivity contribution in [3.63, 3.8) is 0 Å². The van der Waals surface area contributed by atoms with Crippen LogP contribution in [0, 0.1) is 11.3 Å². The molecule has 0 amide bonds. The molecule has 2 aliphatic rings. The van der Waals surface area contributed by atoms with Gasteiger partial charge >= 0.3 is 0 Å². The van der Waals surface area contributed by atoms with Crippen LogP contribution < -0.4 is 5.32 Å². The molecule has 20 heavy (non-hydrogen) atoms. The van der Waals surface area contributed by atoms with Crippen molar-refractivity contribution in [3.05, 3.63) is 0 Å². The molecule has 1 N–H and O–H groups in total. The highest BCUT2D eigenvalue weighted by molar-refractivity contribution is 4.89. The molecule has 0 atom stereocenters. The van der Waals surface area contributed by atoms with Crippen molar-refractivity contribution in [3.8, 4) is 0 Å². The third-order valence-corrected chi connectivity index (χ3v) is 4.86. The van der Waals surface area contributed by atoms with E-state index in [4.69, 9.17) is 4.74 Å². The van der Waals surface area contributed by atoms with Crippen molar-refractivity contribution in [2.24, 2.45) is 11.3 Å². The van der Waals surface area contributed by atoms with Gasteiger partial charge in [-0.1, -0.05) is 19.8 Å². The van der Waals surface area contributed by atoms with Crippen molar-refractivity contribution < 1.29 is 4.74 Å². The highest BCUT2D eigenvalue weighted by Crippen LogP contribution is 2.38. The van der Waals surface area contributed by atoms with Gasteiger partial charge in [0.05, 0.1) is 6.61 Å². The van der Waals surface area contributed by atoms with Crippen LogP contribution in [0.5, 0.6) is 0 Å². The maximum Gasteiger partial charge on any atom is 0.0593 e. The zero-order valence-corrected chi connectivity index (χ0v) is 13.6. The van der Waals surface area contributed by atoms with Crippen LogP contribution >= 0.6 is 0 Å². The van der Waals surface area contributed by atoms with Crippen molar-refractivity contribution in [1.82, 2.24) is 10.2 Å². The van der Waals surface area contributed by atoms with Crippen LogP contribution in [0.2, 0.25) is 0 Å². The number of hydrogen-bond donors (Lipinski definition) is 1. The molecule has 0 bridgehead atoms. The van der Waals surface area contributed by atoms with Crippen molar-refractivity contribution in [1.29, 1.82) is 0 Å². The van der Waals surface area contributed by atoms with Gasteiger partial charge < -0.3 is 15.0 Å². The number of likely N-dealkylation sites (N-methyl/N-ethyl adjacent to an activating group) is 1. The van der Waals surface area contributed by atoms with E-state index in [1.807, 2.05) is 0 Å². The fraction of sp³-hybridized carbons (Fsp3) is 1.00. The molecule has 0 saturated heterocycles. The summed E-state index contributed by atoms with van der Waals surface area (Å²) in [5, 5.41) is 3.66. The molecule has 0 radical (unpaired) electrons. The molecule has 0 heterocycles. The number of nitrogens with one attached hydrogen (secondary N) is 1. The summed E-state index contributed by atoms with van der Waals surface area (Å²) in [7, 11) is 2.26. The van der Waals surface area contributed by atoms with Crippen molar-refractivity contribution >= 4 is 0 Å². The lowest BCUT2D eigenvalue weighted by molar-refractivity contribution is 0.0867. The van der Waals surface area contributed by atoms with Crippen LogP contribution in [0.15, 0.2) is 0 Å². The molecule has 118 valence electrons. The Morgan fingerprint density at radius 1 is 1.25 bits per heavy atom. The van der Waals surface area contributed by atoms with Crippen LogP contribution in [0.3, 0.4) is 0 Å². The van der Waals surface area contributed by atoms with Crippen LogP contribution in [0.25, 0.3) is 0 Å². The number of nitrogens with zero attached hydrogens (tertiary/aromatic N) is 1. The summed E-state index contributed by atoms with van der Waals surface area (Å²) < 4.78 is 5.77. The van der Waals surface area contributed by atoms with E-state index in [9.17, 15) is 0 Å². The summed E-state index contributed by atoms with van der Waals surface area (Å²) in [5.74, 6) is 0.889. The fourth-order valence-corrected chi connectivity index (χ4v) is 3.45. The van der Waals surface area contributed by atoms with E-state index in [0.29, 0.717) is 5.41 Å². The summed E-state index contributed by atoms with van der Waals surface area (Å²) in [6, 6.07) is 0. The monoisotopic (exact) mass is 282 g/mol. The Balaban J connectivity index is 1.63. The summed E-state index contributed by atoms with van der Waals surface area (Å²) in [4.78, 5) is 2.49. The minimum Gasteiger partial charge on any atom is -0.380 e. The van der Waals surface area contributed by atoms with Crippen LogP contribution in [-0.4, -0.2) is 51.3 Å². The second-order valence-electron chi connectivity index (χ2n) is 7.14. The van der Waals surface area contributed by atoms with Gasteiger partial charge in [0.15, 0.2) is 0 Å². The number of hydrogen-bond acceptors (Lipinski definition) is 3. The zero-order valence-electron chi connectivity index (χ0n) is 13.6. The van der Waals surface area contributed by atoms with Gasteiger partial charge in [0.25, 0.3) is 0 Å². The van der Waals surface area contributed by atoms with E-state index in [1.54, 1.807) is 0 Å². The van der Waals surface area contributed by atoms with Gasteiger partial charge in [-0.3, -0.25) is 0 Å². The largest absolute Gasteiger partial charge is 0.380 e. The lowest BCUT2D eigenvalue weighted by atomic mass is 9.85. The second-order valence-corrected chi connectivity index (χ2v) is 7.14. The Hall–Kier alpha value is -0.120. The minimum atomic E-state index is 0.528. The normalized spacial score (nSPS) is 21.8. The first-order valence-electron chi connectivity index (χ1n) is 8.71. The first kappa shape index (κ1) is 16.3. The molecular formula is C17H34N2O. The smallest absolute Gasteiger partial charge is 0.0593 e. The Labute approximate surface area is 125 Å². The molecule has 0 spiro atoms. The SMILES string of the molecule is CCCNCC1(CN(C)CCOCC2CC2)CCCC1. The average molecular weight is 282 g/mol. The summed E-state index contributed by atoms with van der Waals surface area (Å²) >= 11 is 0. The quantitative estimate of drug-likeness (QED) is 0.590. The van der Waals surface area contributed by atoms with E-state index in [1.165, 1.54) is 58.0 Å². The molecular weight excluding hydrogens is 248 g/mol. The first-order chi connectivity index (χ1) is 9.74. The van der Waals surface area contributed by atoms with Crippen LogP contribution in [0.4, 0.5) is 0 Å². The zero-order chi connectivity index (χ0) is 14.3. The predicted octanol–water partition coefficient (Wildman–Crippen LogP) is 2.90. The maximum atomic E-state index is 5.77. The highest BCUT2D eigenvalue weighted by Gasteiger charge is 2.34. The van der Waals surface area contributed by atoms with E-state index in [2.05, 4.69) is 24.2 Å². The number of ether oxygens (including phenoxy) is 1. The summed E-state index contributed by atoms with van der Waals surface area (Å²) in [6.07, 6.45) is 9.65. The molecule has 2 rings (SSSR count). The molecule has 3 nitrogen and oxygen atoms in total. The van der Waals surface area contributed by atoms with Gasteiger partial charge in [-0.2, -0.15) is 0 Å². The Morgan fingerprint density at radius 3 is 2.65 bits per heavy atom. The second kappa shape index (κ2) is 8.35. The third-order valence-electron chi connectivity index (χ3n) is 4.86. The maximum absolute atomic E-state index is 5.77. The molecule has 0 aromatic heterocycles. The topological polar surface area (TPSA) is 24.5 Å². The van der Waals surface area contributed by atoms with Crippen molar-refractivity contribution in [2.45, 2.75) is 51.9 Å². The number of rotatable bonds is 11. The van der Waals surface area contributed by atoms with E-state index >= 15 is 0 Å². The van der Waals surface area contributed by atoms with Gasteiger partial charge in [-0.05, 0) is 57.0 Å². The van der Waals surface area contributed by atoms with E-state index in [0.717, 1.165) is 32.2 Å². The minimum absolute atomic E-state index is 0.528. The molecule has 2 saturated carbocycles. The molecule has 0 unspecified atom stereocenters. The van der Waals surface area contributed by atoms with Gasteiger partial charge in [0, 0.05) is 26.2 Å². The molecule has 2 fully saturated rings. The molecule has 0 aliphatic heterocycles. The lowest BCUT2D eigenvalue weighted by Crippen LogP contribution is -2.42. The van der Waals surface area contributed by atoms with Gasteiger partial charge in [-0.15, -0.1) is 0 Å². The van der Waals surface area contributed by atoms with Crippen molar-refractivity contribution in [2.75, 3.05) is 46.4 Å². The Kier molecular flexibility index (Phi) is 6.79. The third kappa shape index (κ3) is 5.71. The van der Waals surface area contributed by atoms with E-state index in [-0.39, 0.29) is 0 Å². The standard InChI is InChI=1S/C17H34N2O/c1-3-10-18-14-17(8-4-5-9-17)15-19(2)11-12-20-13-16-6-7-16/h16,18H,3-15H2,1-2H3. The molecule has 3 heteroatoms. The average Bonchev–Trinajstić information content (AvgIpc) is 3.15. The Bertz CT molecular complexity index is 260. The highest BCUT2D eigenvalue weighted by atomic mass is 16.5. The molecule has 0 aromatic carbocycles.